The third-order valence-corrected chi connectivity index (χ3v) is 5.03. The molecule has 21 heavy (non-hydrogen) atoms. The van der Waals surface area contributed by atoms with E-state index in [1.807, 2.05) is 24.3 Å². The maximum absolute atomic E-state index is 12.3. The zero-order chi connectivity index (χ0) is 15.0. The molecule has 3 atom stereocenters. The van der Waals surface area contributed by atoms with Crippen LogP contribution in [-0.2, 0) is 15.0 Å². The van der Waals surface area contributed by atoms with Crippen molar-refractivity contribution in [1.29, 1.82) is 0 Å². The van der Waals surface area contributed by atoms with Crippen LogP contribution in [0, 0.1) is 11.8 Å². The molecule has 0 spiro atoms. The molecule has 0 radical (unpaired) electrons. The minimum Gasteiger partial charge on any atom is -0.497 e. The molecule has 1 heterocycles. The number of imide groups is 1. The first-order valence-electron chi connectivity index (χ1n) is 7.53. The Balaban J connectivity index is 2.10. The van der Waals surface area contributed by atoms with Crippen molar-refractivity contribution in [3.63, 3.8) is 0 Å². The predicted molar refractivity (Wildman–Crippen MR) is 78.9 cm³/mol. The van der Waals surface area contributed by atoms with Gasteiger partial charge in [-0.15, -0.1) is 0 Å². The van der Waals surface area contributed by atoms with Crippen LogP contribution < -0.4 is 10.1 Å². The van der Waals surface area contributed by atoms with Crippen LogP contribution in [0.5, 0.6) is 5.75 Å². The summed E-state index contributed by atoms with van der Waals surface area (Å²) in [6.07, 6.45) is 3.15. The largest absolute Gasteiger partial charge is 0.497 e. The molecular formula is C17H21NO3. The van der Waals surface area contributed by atoms with E-state index in [0.29, 0.717) is 12.3 Å². The zero-order valence-electron chi connectivity index (χ0n) is 12.5. The summed E-state index contributed by atoms with van der Waals surface area (Å²) in [6, 6.07) is 7.85. The number of ether oxygens (including phenoxy) is 1. The van der Waals surface area contributed by atoms with E-state index in [1.54, 1.807) is 7.11 Å². The molecule has 2 amide bonds. The van der Waals surface area contributed by atoms with Crippen molar-refractivity contribution in [2.75, 3.05) is 7.11 Å². The highest BCUT2D eigenvalue weighted by molar-refractivity contribution is 6.00. The minimum atomic E-state index is -0.369. The lowest BCUT2D eigenvalue weighted by Crippen LogP contribution is -2.56. The molecule has 112 valence electrons. The van der Waals surface area contributed by atoms with Crippen LogP contribution in [0.3, 0.4) is 0 Å². The molecule has 1 saturated carbocycles. The summed E-state index contributed by atoms with van der Waals surface area (Å²) in [6.45, 7) is 2.20. The number of carbonyl (C=O) groups excluding carboxylic acids is 2. The van der Waals surface area contributed by atoms with E-state index in [0.717, 1.165) is 30.6 Å². The quantitative estimate of drug-likeness (QED) is 0.850. The maximum atomic E-state index is 12.3. The van der Waals surface area contributed by atoms with E-state index in [4.69, 9.17) is 4.74 Å². The van der Waals surface area contributed by atoms with Crippen molar-refractivity contribution < 1.29 is 14.3 Å². The topological polar surface area (TPSA) is 55.4 Å². The smallest absolute Gasteiger partial charge is 0.230 e. The summed E-state index contributed by atoms with van der Waals surface area (Å²) >= 11 is 0. The number of hydrogen-bond acceptors (Lipinski definition) is 3. The Hall–Kier alpha value is -1.84. The van der Waals surface area contributed by atoms with Gasteiger partial charge < -0.3 is 4.74 Å². The van der Waals surface area contributed by atoms with Crippen LogP contribution >= 0.6 is 0 Å². The van der Waals surface area contributed by atoms with E-state index < -0.39 is 0 Å². The molecule has 4 heteroatoms. The molecular weight excluding hydrogens is 266 g/mol. The Bertz CT molecular complexity index is 583. The van der Waals surface area contributed by atoms with Crippen molar-refractivity contribution in [2.24, 2.45) is 11.8 Å². The lowest BCUT2D eigenvalue weighted by Gasteiger charge is -2.48. The zero-order valence-corrected chi connectivity index (χ0v) is 12.5. The van der Waals surface area contributed by atoms with Gasteiger partial charge in [-0.05, 0) is 42.9 Å². The van der Waals surface area contributed by atoms with Crippen molar-refractivity contribution >= 4 is 11.8 Å². The normalized spacial score (nSPS) is 32.3. The number of carbonyl (C=O) groups is 2. The second-order valence-corrected chi connectivity index (χ2v) is 6.42. The van der Waals surface area contributed by atoms with Gasteiger partial charge in [0.1, 0.15) is 5.75 Å². The van der Waals surface area contributed by atoms with Gasteiger partial charge in [-0.1, -0.05) is 19.1 Å². The number of benzene rings is 1. The average Bonchev–Trinajstić information content (AvgIpc) is 2.46. The summed E-state index contributed by atoms with van der Waals surface area (Å²) in [5.74, 6) is 0.913. The van der Waals surface area contributed by atoms with E-state index in [1.165, 1.54) is 0 Å². The standard InChI is InChI=1S/C17H21NO3/c1-11-6-7-14-16(20)18-15(19)10-17(14,9-11)12-4-3-5-13(8-12)21-2/h3-5,8,11,14H,6-7,9-10H2,1-2H3,(H,18,19,20). The molecule has 1 saturated heterocycles. The van der Waals surface area contributed by atoms with E-state index in [9.17, 15) is 9.59 Å². The monoisotopic (exact) mass is 287 g/mol. The highest BCUT2D eigenvalue weighted by atomic mass is 16.5. The fourth-order valence-corrected chi connectivity index (χ4v) is 4.08. The summed E-state index contributed by atoms with van der Waals surface area (Å²) in [7, 11) is 1.64. The number of fused-ring (bicyclic) bond motifs is 1. The second kappa shape index (κ2) is 5.17. The van der Waals surface area contributed by atoms with Crippen LogP contribution in [0.4, 0.5) is 0 Å². The van der Waals surface area contributed by atoms with E-state index >= 15 is 0 Å². The Morgan fingerprint density at radius 1 is 1.29 bits per heavy atom. The van der Waals surface area contributed by atoms with Crippen LogP contribution in [0.1, 0.15) is 38.2 Å². The molecule has 2 aliphatic rings. The van der Waals surface area contributed by atoms with Gasteiger partial charge in [0.25, 0.3) is 0 Å². The Morgan fingerprint density at radius 2 is 2.10 bits per heavy atom. The van der Waals surface area contributed by atoms with Gasteiger partial charge >= 0.3 is 0 Å². The lowest BCUT2D eigenvalue weighted by atomic mass is 9.57. The molecule has 0 aromatic heterocycles. The number of methoxy groups -OCH3 is 1. The number of piperidine rings is 1. The number of rotatable bonds is 2. The Morgan fingerprint density at radius 3 is 2.86 bits per heavy atom. The number of nitrogens with one attached hydrogen (secondary N) is 1. The Labute approximate surface area is 124 Å². The summed E-state index contributed by atoms with van der Waals surface area (Å²) in [4.78, 5) is 24.3. The first kappa shape index (κ1) is 14.1. The van der Waals surface area contributed by atoms with Gasteiger partial charge in [0.15, 0.2) is 0 Å². The molecule has 2 fully saturated rings. The molecule has 1 aromatic carbocycles. The summed E-state index contributed by atoms with van der Waals surface area (Å²) < 4.78 is 5.32. The van der Waals surface area contributed by atoms with Crippen LogP contribution in [0.25, 0.3) is 0 Å². The molecule has 1 N–H and O–H groups in total. The van der Waals surface area contributed by atoms with E-state index in [-0.39, 0.29) is 23.1 Å². The van der Waals surface area contributed by atoms with Gasteiger partial charge in [0.05, 0.1) is 7.11 Å². The maximum Gasteiger partial charge on any atom is 0.230 e. The van der Waals surface area contributed by atoms with Gasteiger partial charge in [-0.2, -0.15) is 0 Å². The SMILES string of the molecule is COc1cccc(C23CC(=O)NC(=O)C2CCC(C)C3)c1. The minimum absolute atomic E-state index is 0.110. The molecule has 4 nitrogen and oxygen atoms in total. The van der Waals surface area contributed by atoms with Crippen molar-refractivity contribution in [3.05, 3.63) is 29.8 Å². The third kappa shape index (κ3) is 2.33. The Kier molecular flexibility index (Phi) is 3.47. The summed E-state index contributed by atoms with van der Waals surface area (Å²) in [5, 5.41) is 2.51. The fraction of sp³-hybridized carbons (Fsp3) is 0.529. The summed E-state index contributed by atoms with van der Waals surface area (Å²) in [5.41, 5.74) is 0.688. The second-order valence-electron chi connectivity index (χ2n) is 6.42. The molecule has 3 unspecified atom stereocenters. The van der Waals surface area contributed by atoms with Crippen molar-refractivity contribution in [1.82, 2.24) is 5.32 Å². The van der Waals surface area contributed by atoms with E-state index in [2.05, 4.69) is 12.2 Å². The molecule has 0 bridgehead atoms. The fourth-order valence-electron chi connectivity index (χ4n) is 4.08. The number of amides is 2. The van der Waals surface area contributed by atoms with Crippen LogP contribution in [-0.4, -0.2) is 18.9 Å². The van der Waals surface area contributed by atoms with Crippen LogP contribution in [0.15, 0.2) is 24.3 Å². The molecule has 3 rings (SSSR count). The molecule has 1 aliphatic carbocycles. The third-order valence-electron chi connectivity index (χ3n) is 5.03. The lowest BCUT2D eigenvalue weighted by molar-refractivity contribution is -0.142. The predicted octanol–water partition coefficient (Wildman–Crippen LogP) is 2.42. The average molecular weight is 287 g/mol. The number of hydrogen-bond donors (Lipinski definition) is 1. The van der Waals surface area contributed by atoms with Gasteiger partial charge in [0.2, 0.25) is 11.8 Å². The van der Waals surface area contributed by atoms with Gasteiger partial charge in [-0.25, -0.2) is 0 Å². The highest BCUT2D eigenvalue weighted by Crippen LogP contribution is 2.50. The first-order chi connectivity index (χ1) is 10.0. The molecule has 1 aliphatic heterocycles. The van der Waals surface area contributed by atoms with Gasteiger partial charge in [-0.3, -0.25) is 14.9 Å². The highest BCUT2D eigenvalue weighted by Gasteiger charge is 2.52. The first-order valence-corrected chi connectivity index (χ1v) is 7.53. The van der Waals surface area contributed by atoms with Gasteiger partial charge in [0, 0.05) is 17.8 Å². The van der Waals surface area contributed by atoms with Crippen molar-refractivity contribution in [3.8, 4) is 5.75 Å². The van der Waals surface area contributed by atoms with Crippen molar-refractivity contribution in [2.45, 2.75) is 38.0 Å². The molecule has 1 aromatic rings. The van der Waals surface area contributed by atoms with Crippen LogP contribution in [0.2, 0.25) is 0 Å².